The van der Waals surface area contributed by atoms with Gasteiger partial charge in [0.1, 0.15) is 18.2 Å². The number of nitrogens with two attached hydrogens (primary N) is 1. The number of hydrogen-bond acceptors (Lipinski definition) is 6. The molecule has 1 heterocycles. The van der Waals surface area contributed by atoms with E-state index in [0.29, 0.717) is 36.8 Å². The van der Waals surface area contributed by atoms with Crippen LogP contribution in [0.5, 0.6) is 5.75 Å². The third kappa shape index (κ3) is 5.95. The smallest absolute Gasteiger partial charge is 0.252 e. The lowest BCUT2D eigenvalue weighted by Crippen LogP contribution is -2.15. The molecule has 0 fully saturated rings. The lowest BCUT2D eigenvalue weighted by atomic mass is 10.2. The third-order valence-corrected chi connectivity index (χ3v) is 4.16. The fourth-order valence-corrected chi connectivity index (χ4v) is 2.71. The van der Waals surface area contributed by atoms with Gasteiger partial charge in [-0.1, -0.05) is 36.4 Å². The first-order chi connectivity index (χ1) is 14.2. The topological polar surface area (TPSA) is 98.5 Å². The van der Waals surface area contributed by atoms with Crippen molar-refractivity contribution >= 4 is 23.1 Å². The van der Waals surface area contributed by atoms with E-state index in [1.165, 1.54) is 6.20 Å². The van der Waals surface area contributed by atoms with Gasteiger partial charge < -0.3 is 25.8 Å². The molecule has 0 unspecified atom stereocenters. The summed E-state index contributed by atoms with van der Waals surface area (Å²) in [4.78, 5) is 16.1. The summed E-state index contributed by atoms with van der Waals surface area (Å²) in [7, 11) is 1.63. The van der Waals surface area contributed by atoms with E-state index in [0.717, 1.165) is 17.0 Å². The molecule has 0 radical (unpaired) electrons. The molecule has 0 atom stereocenters. The highest BCUT2D eigenvalue weighted by atomic mass is 16.5. The molecule has 7 nitrogen and oxygen atoms in total. The number of nitrogens with zero attached hydrogens (tertiary/aromatic N) is 1. The highest BCUT2D eigenvalue weighted by molar-refractivity contribution is 5.98. The summed E-state index contributed by atoms with van der Waals surface area (Å²) >= 11 is 0. The minimum atomic E-state index is -0.534. The van der Waals surface area contributed by atoms with Crippen molar-refractivity contribution in [2.45, 2.75) is 6.54 Å². The van der Waals surface area contributed by atoms with Crippen molar-refractivity contribution in [3.05, 3.63) is 78.0 Å². The van der Waals surface area contributed by atoms with E-state index in [9.17, 15) is 4.79 Å². The zero-order valence-electron chi connectivity index (χ0n) is 16.2. The second-order valence-corrected chi connectivity index (χ2v) is 6.31. The van der Waals surface area contributed by atoms with Crippen LogP contribution < -0.4 is 21.1 Å². The summed E-state index contributed by atoms with van der Waals surface area (Å²) in [5, 5.41) is 6.49. The maximum Gasteiger partial charge on any atom is 0.252 e. The van der Waals surface area contributed by atoms with Gasteiger partial charge in [0.15, 0.2) is 0 Å². The average molecular weight is 392 g/mol. The fourth-order valence-electron chi connectivity index (χ4n) is 2.71. The Bertz CT molecular complexity index is 948. The number of carbonyl (C=O) groups excluding carboxylic acids is 1. The quantitative estimate of drug-likeness (QED) is 0.456. The van der Waals surface area contributed by atoms with Crippen LogP contribution in [0.4, 0.5) is 17.2 Å². The normalized spacial score (nSPS) is 10.4. The third-order valence-electron chi connectivity index (χ3n) is 4.16. The monoisotopic (exact) mass is 392 g/mol. The molecular weight excluding hydrogens is 368 g/mol. The standard InChI is InChI=1S/C22H24N4O3/c1-28-10-11-29-18-9-5-8-17(12-18)26-21-13-20(19(15-25-21)22(23)27)24-14-16-6-3-2-4-7-16/h2-9,12-13,15H,10-11,14H2,1H3,(H2,23,27)(H2,24,25,26). The van der Waals surface area contributed by atoms with Crippen molar-refractivity contribution < 1.29 is 14.3 Å². The number of benzene rings is 2. The molecule has 1 amide bonds. The molecule has 0 aliphatic rings. The fraction of sp³-hybridized carbons (Fsp3) is 0.182. The van der Waals surface area contributed by atoms with Gasteiger partial charge in [0.05, 0.1) is 17.9 Å². The summed E-state index contributed by atoms with van der Waals surface area (Å²) in [6.07, 6.45) is 1.47. The molecular formula is C22H24N4O3. The van der Waals surface area contributed by atoms with Crippen molar-refractivity contribution in [1.82, 2.24) is 4.98 Å². The van der Waals surface area contributed by atoms with Gasteiger partial charge in [0.25, 0.3) is 5.91 Å². The summed E-state index contributed by atoms with van der Waals surface area (Å²) in [6, 6.07) is 19.2. The number of rotatable bonds is 10. The highest BCUT2D eigenvalue weighted by Gasteiger charge is 2.11. The van der Waals surface area contributed by atoms with Crippen LogP contribution in [-0.4, -0.2) is 31.2 Å². The number of anilines is 3. The number of carbonyl (C=O) groups is 1. The Kier molecular flexibility index (Phi) is 7.02. The van der Waals surface area contributed by atoms with Gasteiger partial charge in [0.2, 0.25) is 0 Å². The van der Waals surface area contributed by atoms with E-state index in [2.05, 4.69) is 15.6 Å². The summed E-state index contributed by atoms with van der Waals surface area (Å²) in [5.74, 6) is 0.774. The second kappa shape index (κ2) is 10.1. The Morgan fingerprint density at radius 1 is 1.07 bits per heavy atom. The number of primary amides is 1. The molecule has 0 aliphatic carbocycles. The summed E-state index contributed by atoms with van der Waals surface area (Å²) < 4.78 is 10.6. The number of ether oxygens (including phenoxy) is 2. The minimum absolute atomic E-state index is 0.336. The maximum absolute atomic E-state index is 11.8. The predicted molar refractivity (Wildman–Crippen MR) is 114 cm³/mol. The zero-order chi connectivity index (χ0) is 20.5. The molecule has 0 spiro atoms. The van der Waals surface area contributed by atoms with E-state index in [1.807, 2.05) is 54.6 Å². The van der Waals surface area contributed by atoms with Crippen molar-refractivity contribution in [2.24, 2.45) is 5.73 Å². The molecule has 4 N–H and O–H groups in total. The highest BCUT2D eigenvalue weighted by Crippen LogP contribution is 2.24. The van der Waals surface area contributed by atoms with Crippen LogP contribution >= 0.6 is 0 Å². The largest absolute Gasteiger partial charge is 0.491 e. The molecule has 0 aliphatic heterocycles. The zero-order valence-corrected chi connectivity index (χ0v) is 16.2. The minimum Gasteiger partial charge on any atom is -0.491 e. The van der Waals surface area contributed by atoms with Crippen LogP contribution in [0.2, 0.25) is 0 Å². The molecule has 0 saturated carbocycles. The van der Waals surface area contributed by atoms with E-state index < -0.39 is 5.91 Å². The maximum atomic E-state index is 11.8. The van der Waals surface area contributed by atoms with Crippen molar-refractivity contribution in [3.8, 4) is 5.75 Å². The predicted octanol–water partition coefficient (Wildman–Crippen LogP) is 3.56. The van der Waals surface area contributed by atoms with Crippen LogP contribution in [0.15, 0.2) is 66.9 Å². The Morgan fingerprint density at radius 3 is 2.66 bits per heavy atom. The molecule has 3 aromatic rings. The molecule has 29 heavy (non-hydrogen) atoms. The number of aromatic nitrogens is 1. The number of methoxy groups -OCH3 is 1. The Labute approximate surface area is 169 Å². The Hall–Kier alpha value is -3.58. The number of pyridine rings is 1. The summed E-state index contributed by atoms with van der Waals surface area (Å²) in [6.45, 7) is 1.55. The van der Waals surface area contributed by atoms with Crippen molar-refractivity contribution in [1.29, 1.82) is 0 Å². The van der Waals surface area contributed by atoms with Gasteiger partial charge in [-0.25, -0.2) is 4.98 Å². The van der Waals surface area contributed by atoms with E-state index in [1.54, 1.807) is 13.2 Å². The van der Waals surface area contributed by atoms with Gasteiger partial charge >= 0.3 is 0 Å². The molecule has 0 bridgehead atoms. The van der Waals surface area contributed by atoms with Crippen LogP contribution in [0, 0.1) is 0 Å². The first-order valence-corrected chi connectivity index (χ1v) is 9.22. The molecule has 0 saturated heterocycles. The number of nitrogens with one attached hydrogen (secondary N) is 2. The van der Waals surface area contributed by atoms with Crippen molar-refractivity contribution in [2.75, 3.05) is 31.0 Å². The van der Waals surface area contributed by atoms with Crippen LogP contribution in [0.3, 0.4) is 0 Å². The van der Waals surface area contributed by atoms with E-state index in [4.69, 9.17) is 15.2 Å². The summed E-state index contributed by atoms with van der Waals surface area (Å²) in [5.41, 5.74) is 8.36. The first kappa shape index (κ1) is 20.2. The lowest BCUT2D eigenvalue weighted by molar-refractivity contribution is 0.100. The molecule has 2 aromatic carbocycles. The van der Waals surface area contributed by atoms with E-state index in [-0.39, 0.29) is 0 Å². The van der Waals surface area contributed by atoms with Gasteiger partial charge in [-0.2, -0.15) is 0 Å². The Morgan fingerprint density at radius 2 is 1.90 bits per heavy atom. The van der Waals surface area contributed by atoms with Crippen molar-refractivity contribution in [3.63, 3.8) is 0 Å². The lowest BCUT2D eigenvalue weighted by Gasteiger charge is -2.13. The average Bonchev–Trinajstić information content (AvgIpc) is 2.73. The van der Waals surface area contributed by atoms with E-state index >= 15 is 0 Å². The van der Waals surface area contributed by atoms with Crippen LogP contribution in [-0.2, 0) is 11.3 Å². The van der Waals surface area contributed by atoms with Gasteiger partial charge in [-0.3, -0.25) is 4.79 Å². The van der Waals surface area contributed by atoms with Crippen LogP contribution in [0.1, 0.15) is 15.9 Å². The first-order valence-electron chi connectivity index (χ1n) is 9.22. The molecule has 3 rings (SSSR count). The Balaban J connectivity index is 1.74. The second-order valence-electron chi connectivity index (χ2n) is 6.31. The van der Waals surface area contributed by atoms with Gasteiger partial charge in [-0.05, 0) is 17.7 Å². The van der Waals surface area contributed by atoms with Gasteiger partial charge in [0, 0.05) is 37.7 Å². The van der Waals surface area contributed by atoms with Gasteiger partial charge in [-0.15, -0.1) is 0 Å². The molecule has 1 aromatic heterocycles. The number of hydrogen-bond donors (Lipinski definition) is 3. The molecule has 150 valence electrons. The van der Waals surface area contributed by atoms with Crippen LogP contribution in [0.25, 0.3) is 0 Å². The SMILES string of the molecule is COCCOc1cccc(Nc2cc(NCc3ccccc3)c(C(N)=O)cn2)c1. The number of amides is 1. The molecule has 7 heteroatoms.